The smallest absolute Gasteiger partial charge is 0.313 e. The number of nitrogens with zero attached hydrogens (tertiary/aromatic N) is 1. The van der Waals surface area contributed by atoms with E-state index in [1.54, 1.807) is 19.1 Å². The summed E-state index contributed by atoms with van der Waals surface area (Å²) >= 11 is 0. The molecule has 1 heterocycles. The molecule has 1 aliphatic heterocycles. The number of aryl methyl sites for hydroxylation is 1. The van der Waals surface area contributed by atoms with Gasteiger partial charge in [0, 0.05) is 18.8 Å². The van der Waals surface area contributed by atoms with E-state index in [1.807, 2.05) is 19.1 Å². The minimum Gasteiger partial charge on any atom is -0.394 e. The second-order valence-corrected chi connectivity index (χ2v) is 5.28. The van der Waals surface area contributed by atoms with E-state index < -0.39 is 17.9 Å². The minimum absolute atomic E-state index is 0.173. The highest BCUT2D eigenvalue weighted by atomic mass is 16.5. The minimum atomic E-state index is -0.676. The third-order valence-electron chi connectivity index (χ3n) is 3.32. The number of morpholine rings is 1. The Labute approximate surface area is 123 Å². The summed E-state index contributed by atoms with van der Waals surface area (Å²) in [4.78, 5) is 25.6. The van der Waals surface area contributed by atoms with Crippen LogP contribution in [0.25, 0.3) is 0 Å². The van der Waals surface area contributed by atoms with Crippen LogP contribution in [0.15, 0.2) is 24.3 Å². The van der Waals surface area contributed by atoms with E-state index in [9.17, 15) is 9.59 Å². The fourth-order valence-corrected chi connectivity index (χ4v) is 2.28. The van der Waals surface area contributed by atoms with Gasteiger partial charge in [0.1, 0.15) is 0 Å². The molecule has 0 aromatic heterocycles. The SMILES string of the molecule is Cc1ccc(NC(=O)C(=O)N2CC(C)OC(CO)C2)cc1. The number of aliphatic hydroxyl groups is 1. The molecule has 0 saturated carbocycles. The van der Waals surface area contributed by atoms with Gasteiger partial charge in [-0.05, 0) is 26.0 Å². The van der Waals surface area contributed by atoms with Crippen LogP contribution >= 0.6 is 0 Å². The van der Waals surface area contributed by atoms with Crippen molar-refractivity contribution in [3.05, 3.63) is 29.8 Å². The zero-order valence-electron chi connectivity index (χ0n) is 12.2. The molecule has 114 valence electrons. The molecule has 2 rings (SSSR count). The van der Waals surface area contributed by atoms with Crippen molar-refractivity contribution in [3.63, 3.8) is 0 Å². The fraction of sp³-hybridized carbons (Fsp3) is 0.467. The van der Waals surface area contributed by atoms with Crippen molar-refractivity contribution < 1.29 is 19.4 Å². The number of rotatable bonds is 2. The van der Waals surface area contributed by atoms with Crippen LogP contribution in [-0.4, -0.2) is 53.7 Å². The zero-order chi connectivity index (χ0) is 15.4. The summed E-state index contributed by atoms with van der Waals surface area (Å²) < 4.78 is 5.45. The third kappa shape index (κ3) is 4.03. The fourth-order valence-electron chi connectivity index (χ4n) is 2.28. The van der Waals surface area contributed by atoms with Gasteiger partial charge in [-0.15, -0.1) is 0 Å². The monoisotopic (exact) mass is 292 g/mol. The topological polar surface area (TPSA) is 78.9 Å². The lowest BCUT2D eigenvalue weighted by molar-refractivity contribution is -0.153. The van der Waals surface area contributed by atoms with Crippen molar-refractivity contribution >= 4 is 17.5 Å². The zero-order valence-corrected chi connectivity index (χ0v) is 12.2. The first-order chi connectivity index (χ1) is 9.99. The summed E-state index contributed by atoms with van der Waals surface area (Å²) in [5.74, 6) is -1.28. The Morgan fingerprint density at radius 2 is 2.00 bits per heavy atom. The highest BCUT2D eigenvalue weighted by molar-refractivity contribution is 6.39. The van der Waals surface area contributed by atoms with Crippen LogP contribution in [0.1, 0.15) is 12.5 Å². The lowest BCUT2D eigenvalue weighted by Gasteiger charge is -2.35. The van der Waals surface area contributed by atoms with Gasteiger partial charge in [0.05, 0.1) is 18.8 Å². The van der Waals surface area contributed by atoms with Gasteiger partial charge in [-0.1, -0.05) is 17.7 Å². The average molecular weight is 292 g/mol. The normalized spacial score (nSPS) is 22.0. The van der Waals surface area contributed by atoms with Crippen molar-refractivity contribution in [2.24, 2.45) is 0 Å². The van der Waals surface area contributed by atoms with E-state index in [-0.39, 0.29) is 19.3 Å². The quantitative estimate of drug-likeness (QED) is 0.780. The predicted molar refractivity (Wildman–Crippen MR) is 77.8 cm³/mol. The molecule has 0 bridgehead atoms. The van der Waals surface area contributed by atoms with Gasteiger partial charge >= 0.3 is 11.8 Å². The molecule has 1 aromatic rings. The molecule has 1 fully saturated rings. The first kappa shape index (κ1) is 15.5. The van der Waals surface area contributed by atoms with Crippen LogP contribution in [0.5, 0.6) is 0 Å². The number of carbonyl (C=O) groups excluding carboxylic acids is 2. The lowest BCUT2D eigenvalue weighted by Crippen LogP contribution is -2.53. The molecule has 0 aliphatic carbocycles. The van der Waals surface area contributed by atoms with Crippen LogP contribution in [-0.2, 0) is 14.3 Å². The number of benzene rings is 1. The molecule has 1 saturated heterocycles. The van der Waals surface area contributed by atoms with Crippen molar-refractivity contribution in [2.45, 2.75) is 26.1 Å². The number of ether oxygens (including phenoxy) is 1. The number of aliphatic hydroxyl groups excluding tert-OH is 1. The van der Waals surface area contributed by atoms with Gasteiger partial charge in [-0.25, -0.2) is 0 Å². The Kier molecular flexibility index (Phi) is 4.93. The molecular formula is C15H20N2O4. The van der Waals surface area contributed by atoms with Crippen LogP contribution in [0.4, 0.5) is 5.69 Å². The molecule has 2 amide bonds. The van der Waals surface area contributed by atoms with Gasteiger partial charge in [0.25, 0.3) is 0 Å². The number of hydrogen-bond acceptors (Lipinski definition) is 4. The largest absolute Gasteiger partial charge is 0.394 e. The van der Waals surface area contributed by atoms with Gasteiger partial charge in [-0.2, -0.15) is 0 Å². The van der Waals surface area contributed by atoms with Gasteiger partial charge < -0.3 is 20.1 Å². The second kappa shape index (κ2) is 6.69. The van der Waals surface area contributed by atoms with Crippen molar-refractivity contribution in [2.75, 3.05) is 25.0 Å². The molecule has 0 spiro atoms. The maximum absolute atomic E-state index is 12.2. The highest BCUT2D eigenvalue weighted by Gasteiger charge is 2.31. The Morgan fingerprint density at radius 3 is 2.62 bits per heavy atom. The predicted octanol–water partition coefficient (Wildman–Crippen LogP) is 0.542. The molecule has 6 heteroatoms. The number of amides is 2. The molecule has 21 heavy (non-hydrogen) atoms. The van der Waals surface area contributed by atoms with Crippen LogP contribution < -0.4 is 5.32 Å². The molecule has 1 aliphatic rings. The Balaban J connectivity index is 1.98. The second-order valence-electron chi connectivity index (χ2n) is 5.28. The molecule has 1 aromatic carbocycles. The lowest BCUT2D eigenvalue weighted by atomic mass is 10.2. The first-order valence-corrected chi connectivity index (χ1v) is 6.93. The molecule has 0 radical (unpaired) electrons. The summed E-state index contributed by atoms with van der Waals surface area (Å²) in [6.07, 6.45) is -0.642. The van der Waals surface area contributed by atoms with Gasteiger partial charge in [-0.3, -0.25) is 9.59 Å². The summed E-state index contributed by atoms with van der Waals surface area (Å²) in [6.45, 7) is 4.15. The third-order valence-corrected chi connectivity index (χ3v) is 3.32. The number of carbonyl (C=O) groups is 2. The van der Waals surface area contributed by atoms with Crippen molar-refractivity contribution in [1.82, 2.24) is 4.90 Å². The highest BCUT2D eigenvalue weighted by Crippen LogP contribution is 2.13. The molecule has 2 unspecified atom stereocenters. The Bertz CT molecular complexity index is 515. The summed E-state index contributed by atoms with van der Waals surface area (Å²) in [6, 6.07) is 7.22. The van der Waals surface area contributed by atoms with Crippen molar-refractivity contribution in [1.29, 1.82) is 0 Å². The molecule has 2 atom stereocenters. The van der Waals surface area contributed by atoms with E-state index in [2.05, 4.69) is 5.32 Å². The number of nitrogens with one attached hydrogen (secondary N) is 1. The molecule has 2 N–H and O–H groups in total. The van der Waals surface area contributed by atoms with Gasteiger partial charge in [0.15, 0.2) is 0 Å². The standard InChI is InChI=1S/C15H20N2O4/c1-10-3-5-12(6-4-10)16-14(19)15(20)17-7-11(2)21-13(8-17)9-18/h3-6,11,13,18H,7-9H2,1-2H3,(H,16,19). The first-order valence-electron chi connectivity index (χ1n) is 6.93. The number of anilines is 1. The van der Waals surface area contributed by atoms with E-state index in [4.69, 9.17) is 9.84 Å². The molecule has 6 nitrogen and oxygen atoms in total. The Hall–Kier alpha value is -1.92. The van der Waals surface area contributed by atoms with E-state index in [0.717, 1.165) is 5.56 Å². The van der Waals surface area contributed by atoms with Crippen LogP contribution in [0.3, 0.4) is 0 Å². The van der Waals surface area contributed by atoms with Gasteiger partial charge in [0.2, 0.25) is 0 Å². The van der Waals surface area contributed by atoms with Crippen molar-refractivity contribution in [3.8, 4) is 0 Å². The maximum atomic E-state index is 12.2. The maximum Gasteiger partial charge on any atom is 0.313 e. The summed E-state index contributed by atoms with van der Waals surface area (Å²) in [7, 11) is 0. The summed E-state index contributed by atoms with van der Waals surface area (Å²) in [5, 5.41) is 11.7. The van der Waals surface area contributed by atoms with Crippen LogP contribution in [0, 0.1) is 6.92 Å². The summed E-state index contributed by atoms with van der Waals surface area (Å²) in [5.41, 5.74) is 1.66. The van der Waals surface area contributed by atoms with E-state index in [1.165, 1.54) is 4.90 Å². The number of hydrogen-bond donors (Lipinski definition) is 2. The molecular weight excluding hydrogens is 272 g/mol. The van der Waals surface area contributed by atoms with E-state index >= 15 is 0 Å². The Morgan fingerprint density at radius 1 is 1.33 bits per heavy atom. The van der Waals surface area contributed by atoms with Crippen LogP contribution in [0.2, 0.25) is 0 Å². The van der Waals surface area contributed by atoms with E-state index in [0.29, 0.717) is 12.2 Å². The average Bonchev–Trinajstić information content (AvgIpc) is 2.48.